The molecule has 1 unspecified atom stereocenters. The fourth-order valence-corrected chi connectivity index (χ4v) is 2.03. The van der Waals surface area contributed by atoms with Crippen molar-refractivity contribution < 1.29 is 14.3 Å². The van der Waals surface area contributed by atoms with Gasteiger partial charge in [-0.1, -0.05) is 20.3 Å². The zero-order valence-corrected chi connectivity index (χ0v) is 14.1. The van der Waals surface area contributed by atoms with E-state index in [-0.39, 0.29) is 5.92 Å². The van der Waals surface area contributed by atoms with Crippen LogP contribution in [0.5, 0.6) is 0 Å². The van der Waals surface area contributed by atoms with E-state index in [4.69, 9.17) is 15.2 Å². The molecular formula is C17H35NO3. The Bertz CT molecular complexity index is 234. The van der Waals surface area contributed by atoms with Gasteiger partial charge in [0.05, 0.1) is 6.61 Å². The summed E-state index contributed by atoms with van der Waals surface area (Å²) in [5.74, 6) is 0.644. The van der Waals surface area contributed by atoms with Gasteiger partial charge >= 0.3 is 0 Å². The van der Waals surface area contributed by atoms with Crippen molar-refractivity contribution in [3.8, 4) is 0 Å². The third kappa shape index (κ3) is 14.3. The minimum absolute atomic E-state index is 0.232. The minimum atomic E-state index is 0.232. The lowest BCUT2D eigenvalue weighted by Crippen LogP contribution is -2.09. The average molecular weight is 301 g/mol. The molecule has 0 aromatic heterocycles. The highest BCUT2D eigenvalue weighted by Crippen LogP contribution is 2.09. The molecule has 0 rings (SSSR count). The van der Waals surface area contributed by atoms with Gasteiger partial charge < -0.3 is 15.2 Å². The van der Waals surface area contributed by atoms with Crippen LogP contribution in [0.4, 0.5) is 0 Å². The monoisotopic (exact) mass is 301 g/mol. The Hall–Kier alpha value is -0.450. The summed E-state index contributed by atoms with van der Waals surface area (Å²) in [6.07, 6.45) is 8.18. The molecule has 126 valence electrons. The summed E-state index contributed by atoms with van der Waals surface area (Å²) in [7, 11) is 0. The third-order valence-electron chi connectivity index (χ3n) is 3.71. The van der Waals surface area contributed by atoms with Gasteiger partial charge in [-0.15, -0.1) is 0 Å². The molecule has 0 aromatic rings. The summed E-state index contributed by atoms with van der Waals surface area (Å²) >= 11 is 0. The molecule has 0 radical (unpaired) electrons. The molecule has 0 spiro atoms. The fraction of sp³-hybridized carbons (Fsp3) is 0.941. The maximum Gasteiger partial charge on any atom is 0.135 e. The number of Topliss-reactive ketones (excluding diaryl/α,β-unsaturated/α-hetero) is 1. The Labute approximate surface area is 130 Å². The van der Waals surface area contributed by atoms with Gasteiger partial charge in [0.15, 0.2) is 0 Å². The standard InChI is InChI=1S/C17H35NO3/c1-3-16(2)17(19)10-6-4-7-12-20-13-8-5-9-14-21-15-11-18/h16H,3-15,18H2,1-2H3. The SMILES string of the molecule is CCC(C)C(=O)CCCCCOCCCCCOCCN. The molecule has 0 saturated carbocycles. The average Bonchev–Trinajstić information content (AvgIpc) is 2.50. The van der Waals surface area contributed by atoms with E-state index in [9.17, 15) is 4.79 Å². The number of nitrogens with two attached hydrogens (primary N) is 1. The minimum Gasteiger partial charge on any atom is -0.381 e. The van der Waals surface area contributed by atoms with Crippen molar-refractivity contribution in [2.75, 3.05) is 33.0 Å². The van der Waals surface area contributed by atoms with Crippen LogP contribution < -0.4 is 5.73 Å². The highest BCUT2D eigenvalue weighted by atomic mass is 16.5. The molecule has 0 amide bonds. The molecule has 0 fully saturated rings. The quantitative estimate of drug-likeness (QED) is 0.444. The summed E-state index contributed by atoms with van der Waals surface area (Å²) < 4.78 is 10.9. The summed E-state index contributed by atoms with van der Waals surface area (Å²) in [6, 6.07) is 0. The first kappa shape index (κ1) is 20.6. The molecule has 4 heteroatoms. The van der Waals surface area contributed by atoms with Crippen LogP contribution in [0, 0.1) is 5.92 Å². The van der Waals surface area contributed by atoms with Crippen molar-refractivity contribution in [2.45, 2.75) is 65.2 Å². The van der Waals surface area contributed by atoms with E-state index >= 15 is 0 Å². The Morgan fingerprint density at radius 3 is 1.95 bits per heavy atom. The Morgan fingerprint density at radius 1 is 0.905 bits per heavy atom. The maximum absolute atomic E-state index is 11.6. The van der Waals surface area contributed by atoms with E-state index in [2.05, 4.69) is 6.92 Å². The van der Waals surface area contributed by atoms with Gasteiger partial charge in [-0.2, -0.15) is 0 Å². The predicted octanol–water partition coefficient (Wildman–Crippen LogP) is 3.32. The Kier molecular flexibility index (Phi) is 15.6. The van der Waals surface area contributed by atoms with E-state index in [0.29, 0.717) is 18.9 Å². The molecule has 4 nitrogen and oxygen atoms in total. The number of ether oxygens (including phenoxy) is 2. The summed E-state index contributed by atoms with van der Waals surface area (Å²) in [6.45, 7) is 7.82. The molecule has 0 saturated heterocycles. The van der Waals surface area contributed by atoms with Crippen LogP contribution >= 0.6 is 0 Å². The Morgan fingerprint density at radius 2 is 1.43 bits per heavy atom. The fourth-order valence-electron chi connectivity index (χ4n) is 2.03. The number of unbranched alkanes of at least 4 members (excludes halogenated alkanes) is 4. The lowest BCUT2D eigenvalue weighted by atomic mass is 9.99. The molecule has 0 heterocycles. The molecule has 0 aromatic carbocycles. The van der Waals surface area contributed by atoms with E-state index in [1.165, 1.54) is 0 Å². The molecule has 2 N–H and O–H groups in total. The van der Waals surface area contributed by atoms with E-state index in [0.717, 1.165) is 71.2 Å². The van der Waals surface area contributed by atoms with Crippen molar-refractivity contribution in [1.82, 2.24) is 0 Å². The number of rotatable bonds is 16. The summed E-state index contributed by atoms with van der Waals surface area (Å²) in [4.78, 5) is 11.6. The van der Waals surface area contributed by atoms with E-state index in [1.54, 1.807) is 0 Å². The van der Waals surface area contributed by atoms with Crippen LogP contribution in [0.25, 0.3) is 0 Å². The number of hydrogen-bond donors (Lipinski definition) is 1. The highest BCUT2D eigenvalue weighted by Gasteiger charge is 2.09. The van der Waals surface area contributed by atoms with Gasteiger partial charge in [0.2, 0.25) is 0 Å². The molecule has 1 atom stereocenters. The molecule has 0 aliphatic rings. The number of hydrogen-bond acceptors (Lipinski definition) is 4. The van der Waals surface area contributed by atoms with Crippen LogP contribution in [0.15, 0.2) is 0 Å². The van der Waals surface area contributed by atoms with Crippen LogP contribution in [0.1, 0.15) is 65.2 Å². The van der Waals surface area contributed by atoms with Gasteiger partial charge in [0, 0.05) is 38.7 Å². The predicted molar refractivity (Wildman–Crippen MR) is 87.5 cm³/mol. The van der Waals surface area contributed by atoms with Gasteiger partial charge in [0.1, 0.15) is 5.78 Å². The zero-order chi connectivity index (χ0) is 15.8. The second-order valence-electron chi connectivity index (χ2n) is 5.66. The van der Waals surface area contributed by atoms with Gasteiger partial charge in [-0.05, 0) is 38.5 Å². The van der Waals surface area contributed by atoms with Crippen molar-refractivity contribution in [1.29, 1.82) is 0 Å². The number of carbonyl (C=O) groups excluding carboxylic acids is 1. The van der Waals surface area contributed by atoms with Crippen molar-refractivity contribution in [2.24, 2.45) is 11.7 Å². The van der Waals surface area contributed by atoms with E-state index in [1.807, 2.05) is 6.92 Å². The molecule has 0 aliphatic heterocycles. The normalized spacial score (nSPS) is 12.5. The topological polar surface area (TPSA) is 61.5 Å². The van der Waals surface area contributed by atoms with Crippen LogP contribution in [0.3, 0.4) is 0 Å². The zero-order valence-electron chi connectivity index (χ0n) is 14.1. The first-order chi connectivity index (χ1) is 10.2. The van der Waals surface area contributed by atoms with Crippen molar-refractivity contribution in [3.05, 3.63) is 0 Å². The van der Waals surface area contributed by atoms with Crippen LogP contribution in [-0.2, 0) is 14.3 Å². The Balaban J connectivity index is 3.11. The van der Waals surface area contributed by atoms with Gasteiger partial charge in [0.25, 0.3) is 0 Å². The lowest BCUT2D eigenvalue weighted by Gasteiger charge is -2.07. The largest absolute Gasteiger partial charge is 0.381 e. The highest BCUT2D eigenvalue weighted by molar-refractivity contribution is 5.80. The number of carbonyl (C=O) groups is 1. The summed E-state index contributed by atoms with van der Waals surface area (Å²) in [5, 5.41) is 0. The lowest BCUT2D eigenvalue weighted by molar-refractivity contribution is -0.122. The van der Waals surface area contributed by atoms with Crippen molar-refractivity contribution >= 4 is 5.78 Å². The van der Waals surface area contributed by atoms with Gasteiger partial charge in [-0.25, -0.2) is 0 Å². The molecule has 21 heavy (non-hydrogen) atoms. The first-order valence-corrected chi connectivity index (χ1v) is 8.60. The number of ketones is 1. The molecular weight excluding hydrogens is 266 g/mol. The van der Waals surface area contributed by atoms with Crippen LogP contribution in [-0.4, -0.2) is 38.8 Å². The van der Waals surface area contributed by atoms with E-state index < -0.39 is 0 Å². The smallest absolute Gasteiger partial charge is 0.135 e. The molecule has 0 bridgehead atoms. The third-order valence-corrected chi connectivity index (χ3v) is 3.71. The first-order valence-electron chi connectivity index (χ1n) is 8.60. The summed E-state index contributed by atoms with van der Waals surface area (Å²) in [5.41, 5.74) is 5.33. The second-order valence-corrected chi connectivity index (χ2v) is 5.66. The maximum atomic E-state index is 11.6. The second kappa shape index (κ2) is 15.9. The molecule has 0 aliphatic carbocycles. The van der Waals surface area contributed by atoms with Crippen LogP contribution in [0.2, 0.25) is 0 Å². The van der Waals surface area contributed by atoms with Crippen molar-refractivity contribution in [3.63, 3.8) is 0 Å². The van der Waals surface area contributed by atoms with Gasteiger partial charge in [-0.3, -0.25) is 4.79 Å².